The van der Waals surface area contributed by atoms with Crippen molar-refractivity contribution in [1.82, 2.24) is 25.2 Å². The smallest absolute Gasteiger partial charge is 0.241 e. The fraction of sp³-hybridized carbons (Fsp3) is 0.385. The van der Waals surface area contributed by atoms with E-state index in [2.05, 4.69) is 25.2 Å². The summed E-state index contributed by atoms with van der Waals surface area (Å²) >= 11 is 0. The molecule has 1 atom stereocenters. The summed E-state index contributed by atoms with van der Waals surface area (Å²) in [6.07, 6.45) is 1.34. The Hall–Kier alpha value is -1.77. The Bertz CT molecular complexity index is 670. The molecule has 7 nitrogen and oxygen atoms in total. The molecule has 0 spiro atoms. The SMILES string of the molecule is CCNCc1cccc(S(=O)(=O)NC(C)c2ncn[nH]2)c1. The fourth-order valence-electron chi connectivity index (χ4n) is 1.87. The molecule has 0 saturated heterocycles. The number of hydrogen-bond acceptors (Lipinski definition) is 5. The molecule has 0 amide bonds. The van der Waals surface area contributed by atoms with Gasteiger partial charge in [0.1, 0.15) is 12.2 Å². The van der Waals surface area contributed by atoms with Crippen LogP contribution in [0.15, 0.2) is 35.5 Å². The topological polar surface area (TPSA) is 99.8 Å². The molecule has 2 aromatic rings. The Kier molecular flexibility index (Phi) is 5.05. The first-order valence-electron chi connectivity index (χ1n) is 6.70. The first-order valence-corrected chi connectivity index (χ1v) is 8.18. The van der Waals surface area contributed by atoms with Gasteiger partial charge < -0.3 is 5.32 Å². The van der Waals surface area contributed by atoms with Crippen LogP contribution in [0.5, 0.6) is 0 Å². The lowest BCUT2D eigenvalue weighted by atomic mass is 10.2. The second-order valence-corrected chi connectivity index (χ2v) is 6.36. The Morgan fingerprint density at radius 1 is 1.38 bits per heavy atom. The summed E-state index contributed by atoms with van der Waals surface area (Å²) in [7, 11) is -3.60. The molecule has 1 aromatic carbocycles. The molecule has 0 aliphatic carbocycles. The number of aromatic nitrogens is 3. The van der Waals surface area contributed by atoms with Crippen LogP contribution in [-0.2, 0) is 16.6 Å². The molecule has 0 radical (unpaired) electrons. The Balaban J connectivity index is 2.15. The summed E-state index contributed by atoms with van der Waals surface area (Å²) in [5.74, 6) is 0.474. The third-order valence-electron chi connectivity index (χ3n) is 2.96. The van der Waals surface area contributed by atoms with Crippen LogP contribution in [0.2, 0.25) is 0 Å². The van der Waals surface area contributed by atoms with Crippen LogP contribution in [0.1, 0.15) is 31.3 Å². The van der Waals surface area contributed by atoms with Gasteiger partial charge in [0.2, 0.25) is 10.0 Å². The Morgan fingerprint density at radius 3 is 2.86 bits per heavy atom. The highest BCUT2D eigenvalue weighted by atomic mass is 32.2. The third-order valence-corrected chi connectivity index (χ3v) is 4.50. The van der Waals surface area contributed by atoms with Crippen molar-refractivity contribution in [3.8, 4) is 0 Å². The Morgan fingerprint density at radius 2 is 2.19 bits per heavy atom. The zero-order valence-corrected chi connectivity index (χ0v) is 12.8. The van der Waals surface area contributed by atoms with Crippen LogP contribution in [0.3, 0.4) is 0 Å². The maximum absolute atomic E-state index is 12.4. The molecule has 0 bridgehead atoms. The monoisotopic (exact) mass is 309 g/mol. The predicted octanol–water partition coefficient (Wildman–Crippen LogP) is 0.954. The molecule has 0 aliphatic heterocycles. The second kappa shape index (κ2) is 6.79. The van der Waals surface area contributed by atoms with E-state index in [-0.39, 0.29) is 4.90 Å². The average molecular weight is 309 g/mol. The number of hydrogen-bond donors (Lipinski definition) is 3. The van der Waals surface area contributed by atoms with Crippen LogP contribution >= 0.6 is 0 Å². The molecule has 8 heteroatoms. The van der Waals surface area contributed by atoms with Crippen molar-refractivity contribution < 1.29 is 8.42 Å². The molecule has 2 rings (SSSR count). The van der Waals surface area contributed by atoms with Gasteiger partial charge in [0.15, 0.2) is 0 Å². The molecule has 0 saturated carbocycles. The summed E-state index contributed by atoms with van der Waals surface area (Å²) in [6.45, 7) is 5.18. The molecular weight excluding hydrogens is 290 g/mol. The van der Waals surface area contributed by atoms with Gasteiger partial charge in [0.05, 0.1) is 10.9 Å². The highest BCUT2D eigenvalue weighted by Crippen LogP contribution is 2.15. The zero-order chi connectivity index (χ0) is 15.3. The van der Waals surface area contributed by atoms with E-state index in [1.165, 1.54) is 6.33 Å². The van der Waals surface area contributed by atoms with Gasteiger partial charge in [0.25, 0.3) is 0 Å². The second-order valence-electron chi connectivity index (χ2n) is 4.64. The van der Waals surface area contributed by atoms with Gasteiger partial charge in [-0.05, 0) is 31.2 Å². The minimum atomic E-state index is -3.60. The van der Waals surface area contributed by atoms with E-state index >= 15 is 0 Å². The minimum absolute atomic E-state index is 0.240. The quantitative estimate of drug-likeness (QED) is 0.707. The average Bonchev–Trinajstić information content (AvgIpc) is 2.99. The summed E-state index contributed by atoms with van der Waals surface area (Å²) in [6, 6.07) is 6.39. The van der Waals surface area contributed by atoms with Gasteiger partial charge in [-0.25, -0.2) is 18.1 Å². The van der Waals surface area contributed by atoms with Crippen molar-refractivity contribution in [3.05, 3.63) is 42.0 Å². The lowest BCUT2D eigenvalue weighted by molar-refractivity contribution is 0.560. The summed E-state index contributed by atoms with van der Waals surface area (Å²) < 4.78 is 27.3. The van der Waals surface area contributed by atoms with E-state index in [0.717, 1.165) is 12.1 Å². The van der Waals surface area contributed by atoms with Gasteiger partial charge in [-0.15, -0.1) is 0 Å². The van der Waals surface area contributed by atoms with Crippen LogP contribution in [0.25, 0.3) is 0 Å². The third kappa shape index (κ3) is 4.10. The number of nitrogens with zero attached hydrogens (tertiary/aromatic N) is 2. The van der Waals surface area contributed by atoms with Crippen LogP contribution in [0, 0.1) is 0 Å². The number of aromatic amines is 1. The van der Waals surface area contributed by atoms with Gasteiger partial charge in [0, 0.05) is 6.54 Å². The van der Waals surface area contributed by atoms with Gasteiger partial charge >= 0.3 is 0 Å². The van der Waals surface area contributed by atoms with Crippen molar-refractivity contribution in [2.24, 2.45) is 0 Å². The standard InChI is InChI=1S/C13H19N5O2S/c1-3-14-8-11-5-4-6-12(7-11)21(19,20)18-10(2)13-15-9-16-17-13/h4-7,9-10,14,18H,3,8H2,1-2H3,(H,15,16,17). The summed E-state index contributed by atoms with van der Waals surface area (Å²) in [4.78, 5) is 4.19. The van der Waals surface area contributed by atoms with Crippen molar-refractivity contribution in [1.29, 1.82) is 0 Å². The maximum atomic E-state index is 12.4. The van der Waals surface area contributed by atoms with Crippen LogP contribution in [-0.4, -0.2) is 30.1 Å². The molecule has 1 unspecified atom stereocenters. The highest BCUT2D eigenvalue weighted by Gasteiger charge is 2.20. The number of rotatable bonds is 7. The van der Waals surface area contributed by atoms with Crippen molar-refractivity contribution in [3.63, 3.8) is 0 Å². The summed E-state index contributed by atoms with van der Waals surface area (Å²) in [5.41, 5.74) is 0.923. The first-order chi connectivity index (χ1) is 10.0. The van der Waals surface area contributed by atoms with Gasteiger partial charge in [-0.1, -0.05) is 19.1 Å². The van der Waals surface area contributed by atoms with Crippen LogP contribution in [0.4, 0.5) is 0 Å². The number of H-pyrrole nitrogens is 1. The lowest BCUT2D eigenvalue weighted by Gasteiger charge is -2.12. The molecule has 0 fully saturated rings. The van der Waals surface area contributed by atoms with E-state index < -0.39 is 16.1 Å². The molecular formula is C13H19N5O2S. The van der Waals surface area contributed by atoms with E-state index in [1.54, 1.807) is 25.1 Å². The highest BCUT2D eigenvalue weighted by molar-refractivity contribution is 7.89. The van der Waals surface area contributed by atoms with Crippen molar-refractivity contribution in [2.75, 3.05) is 6.54 Å². The molecule has 1 heterocycles. The summed E-state index contributed by atoms with van der Waals surface area (Å²) in [5, 5.41) is 9.53. The van der Waals surface area contributed by atoms with E-state index in [1.807, 2.05) is 13.0 Å². The number of benzene rings is 1. The molecule has 21 heavy (non-hydrogen) atoms. The Labute approximate surface area is 124 Å². The van der Waals surface area contributed by atoms with Gasteiger partial charge in [-0.3, -0.25) is 5.10 Å². The lowest BCUT2D eigenvalue weighted by Crippen LogP contribution is -2.27. The number of sulfonamides is 1. The van der Waals surface area contributed by atoms with E-state index in [9.17, 15) is 8.42 Å². The van der Waals surface area contributed by atoms with Crippen LogP contribution < -0.4 is 10.0 Å². The van der Waals surface area contributed by atoms with E-state index in [4.69, 9.17) is 0 Å². The maximum Gasteiger partial charge on any atom is 0.241 e. The first kappa shape index (κ1) is 15.6. The molecule has 1 aromatic heterocycles. The molecule has 114 valence electrons. The number of nitrogens with one attached hydrogen (secondary N) is 3. The molecule has 3 N–H and O–H groups in total. The minimum Gasteiger partial charge on any atom is -0.313 e. The van der Waals surface area contributed by atoms with Crippen molar-refractivity contribution >= 4 is 10.0 Å². The largest absolute Gasteiger partial charge is 0.313 e. The molecule has 0 aliphatic rings. The van der Waals surface area contributed by atoms with Gasteiger partial charge in [-0.2, -0.15) is 5.10 Å². The van der Waals surface area contributed by atoms with E-state index in [0.29, 0.717) is 12.4 Å². The predicted molar refractivity (Wildman–Crippen MR) is 78.9 cm³/mol. The fourth-order valence-corrected chi connectivity index (χ4v) is 3.15. The van der Waals surface area contributed by atoms with Crippen molar-refractivity contribution in [2.45, 2.75) is 31.3 Å². The normalized spacial score (nSPS) is 13.2. The zero-order valence-electron chi connectivity index (χ0n) is 12.0.